The van der Waals surface area contributed by atoms with Crippen LogP contribution in [0.4, 0.5) is 10.6 Å². The summed E-state index contributed by atoms with van der Waals surface area (Å²) in [6.45, 7) is 9.35. The summed E-state index contributed by atoms with van der Waals surface area (Å²) < 4.78 is 13.0. The van der Waals surface area contributed by atoms with Crippen molar-refractivity contribution in [1.29, 1.82) is 0 Å². The Hall–Kier alpha value is -3.72. The van der Waals surface area contributed by atoms with Gasteiger partial charge in [-0.3, -0.25) is 9.88 Å². The summed E-state index contributed by atoms with van der Waals surface area (Å²) in [7, 11) is 0. The van der Waals surface area contributed by atoms with Crippen molar-refractivity contribution in [2.75, 3.05) is 5.32 Å². The maximum Gasteiger partial charge on any atom is 0.331 e. The van der Waals surface area contributed by atoms with Crippen molar-refractivity contribution < 1.29 is 14.1 Å². The molecule has 4 aromatic rings. The molecule has 0 aliphatic carbocycles. The van der Waals surface area contributed by atoms with Crippen LogP contribution in [-0.2, 0) is 18.5 Å². The number of amides is 1. The summed E-state index contributed by atoms with van der Waals surface area (Å²) in [5.41, 5.74) is 3.30. The molecule has 0 radical (unpaired) electrons. The molecule has 0 fully saturated rings. The zero-order chi connectivity index (χ0) is 22.5. The molecule has 32 heavy (non-hydrogen) atoms. The van der Waals surface area contributed by atoms with Crippen molar-refractivity contribution in [3.05, 3.63) is 59.4 Å². The Morgan fingerprint density at radius 2 is 2.03 bits per heavy atom. The summed E-state index contributed by atoms with van der Waals surface area (Å²) in [6, 6.07) is 8.98. The summed E-state index contributed by atoms with van der Waals surface area (Å²) in [5, 5.41) is 10.9. The minimum Gasteiger partial charge on any atom is -0.439 e. The van der Waals surface area contributed by atoms with Gasteiger partial charge in [-0.15, -0.1) is 0 Å². The number of carbonyl (C=O) groups excluding carboxylic acids is 1. The Kier molecular flexibility index (Phi) is 4.70. The lowest BCUT2D eigenvalue weighted by Gasteiger charge is -2.12. The number of rotatable bonds is 3. The fourth-order valence-corrected chi connectivity index (χ4v) is 3.78. The van der Waals surface area contributed by atoms with Crippen molar-refractivity contribution in [3.8, 4) is 11.6 Å². The largest absolute Gasteiger partial charge is 0.439 e. The number of anilines is 1. The Balaban J connectivity index is 1.41. The molecule has 5 rings (SSSR count). The standard InChI is InChI=1S/C23H24N6O3/c1-13-7-14-8-15(31-21-16-10-24-11-17(16)25-12-26-21)5-6-18(14)29(13)22(30)27-20-9-19(32-28-20)23(2,3)4/h5-9,12,24H,10-11H2,1-4H3,(H,27,28,30). The van der Waals surface area contributed by atoms with Crippen LogP contribution in [0, 0.1) is 6.92 Å². The Morgan fingerprint density at radius 3 is 2.81 bits per heavy atom. The zero-order valence-electron chi connectivity index (χ0n) is 18.4. The highest BCUT2D eigenvalue weighted by atomic mass is 16.5. The molecule has 1 aliphatic rings. The summed E-state index contributed by atoms with van der Waals surface area (Å²) in [5.74, 6) is 2.28. The van der Waals surface area contributed by atoms with Crippen LogP contribution >= 0.6 is 0 Å². The van der Waals surface area contributed by atoms with Gasteiger partial charge in [0.25, 0.3) is 0 Å². The summed E-state index contributed by atoms with van der Waals surface area (Å²) in [6.07, 6.45) is 1.51. The molecule has 9 heteroatoms. The van der Waals surface area contributed by atoms with Crippen molar-refractivity contribution in [2.24, 2.45) is 0 Å². The lowest BCUT2D eigenvalue weighted by molar-refractivity contribution is 0.253. The van der Waals surface area contributed by atoms with Gasteiger partial charge in [0.2, 0.25) is 5.88 Å². The van der Waals surface area contributed by atoms with Gasteiger partial charge in [0, 0.05) is 35.7 Å². The first kappa shape index (κ1) is 20.2. The van der Waals surface area contributed by atoms with Gasteiger partial charge in [-0.2, -0.15) is 0 Å². The van der Waals surface area contributed by atoms with Crippen LogP contribution in [0.5, 0.6) is 11.6 Å². The predicted molar refractivity (Wildman–Crippen MR) is 119 cm³/mol. The van der Waals surface area contributed by atoms with Gasteiger partial charge < -0.3 is 14.6 Å². The first-order valence-electron chi connectivity index (χ1n) is 10.4. The van der Waals surface area contributed by atoms with Crippen LogP contribution in [0.2, 0.25) is 0 Å². The van der Waals surface area contributed by atoms with Crippen LogP contribution in [-0.4, -0.2) is 25.7 Å². The highest BCUT2D eigenvalue weighted by Gasteiger charge is 2.22. The van der Waals surface area contributed by atoms with Gasteiger partial charge >= 0.3 is 6.03 Å². The number of nitrogens with zero attached hydrogens (tertiary/aromatic N) is 4. The normalized spacial score (nSPS) is 13.4. The van der Waals surface area contributed by atoms with Gasteiger partial charge in [-0.1, -0.05) is 25.9 Å². The molecule has 0 saturated carbocycles. The SMILES string of the molecule is Cc1cc2cc(Oc3ncnc4c3CNC4)ccc2n1C(=O)Nc1cc(C(C)(C)C)on1. The van der Waals surface area contributed by atoms with E-state index in [9.17, 15) is 4.79 Å². The van der Waals surface area contributed by atoms with E-state index >= 15 is 0 Å². The molecule has 1 aromatic carbocycles. The molecule has 1 amide bonds. The molecule has 0 spiro atoms. The van der Waals surface area contributed by atoms with Crippen LogP contribution in [0.3, 0.4) is 0 Å². The number of fused-ring (bicyclic) bond motifs is 2. The van der Waals surface area contributed by atoms with E-state index in [0.29, 0.717) is 36.3 Å². The molecular formula is C23H24N6O3. The van der Waals surface area contributed by atoms with Crippen molar-refractivity contribution in [3.63, 3.8) is 0 Å². The highest BCUT2D eigenvalue weighted by Crippen LogP contribution is 2.31. The number of hydrogen-bond acceptors (Lipinski definition) is 7. The highest BCUT2D eigenvalue weighted by molar-refractivity contribution is 5.99. The number of aromatic nitrogens is 4. The van der Waals surface area contributed by atoms with E-state index in [-0.39, 0.29) is 11.4 Å². The third-order valence-corrected chi connectivity index (χ3v) is 5.45. The molecule has 164 valence electrons. The Labute approximate surface area is 184 Å². The van der Waals surface area contributed by atoms with Crippen molar-refractivity contribution in [2.45, 2.75) is 46.2 Å². The average Bonchev–Trinajstić information content (AvgIpc) is 3.45. The zero-order valence-corrected chi connectivity index (χ0v) is 18.4. The van der Waals surface area contributed by atoms with E-state index in [1.165, 1.54) is 6.33 Å². The fraction of sp³-hybridized carbons (Fsp3) is 0.304. The molecule has 0 unspecified atom stereocenters. The van der Waals surface area contributed by atoms with Crippen molar-refractivity contribution in [1.82, 2.24) is 25.0 Å². The molecule has 3 aromatic heterocycles. The Morgan fingerprint density at radius 1 is 1.19 bits per heavy atom. The maximum absolute atomic E-state index is 13.0. The van der Waals surface area contributed by atoms with Crippen LogP contribution in [0.1, 0.15) is 43.5 Å². The molecule has 0 saturated heterocycles. The second-order valence-electron chi connectivity index (χ2n) is 8.91. The van der Waals surface area contributed by atoms with Gasteiger partial charge in [0.05, 0.1) is 16.8 Å². The van der Waals surface area contributed by atoms with Gasteiger partial charge in [0.1, 0.15) is 17.8 Å². The predicted octanol–water partition coefficient (Wildman–Crippen LogP) is 4.50. The van der Waals surface area contributed by atoms with Crippen LogP contribution in [0.15, 0.2) is 41.2 Å². The molecule has 4 heterocycles. The van der Waals surface area contributed by atoms with E-state index in [1.54, 1.807) is 10.6 Å². The van der Waals surface area contributed by atoms with E-state index in [2.05, 4.69) is 25.8 Å². The van der Waals surface area contributed by atoms with Crippen LogP contribution in [0.25, 0.3) is 10.9 Å². The number of carbonyl (C=O) groups is 1. The lowest BCUT2D eigenvalue weighted by atomic mass is 9.93. The monoisotopic (exact) mass is 432 g/mol. The number of nitrogens with one attached hydrogen (secondary N) is 2. The molecule has 2 N–H and O–H groups in total. The first-order chi connectivity index (χ1) is 15.3. The van der Waals surface area contributed by atoms with Crippen LogP contribution < -0.4 is 15.4 Å². The molecular weight excluding hydrogens is 408 g/mol. The quantitative estimate of drug-likeness (QED) is 0.491. The van der Waals surface area contributed by atoms with Gasteiger partial charge in [-0.05, 0) is 31.2 Å². The number of hydrogen-bond donors (Lipinski definition) is 2. The first-order valence-corrected chi connectivity index (χ1v) is 10.4. The fourth-order valence-electron chi connectivity index (χ4n) is 3.78. The maximum atomic E-state index is 13.0. The lowest BCUT2D eigenvalue weighted by Crippen LogP contribution is -2.20. The van der Waals surface area contributed by atoms with Crippen molar-refractivity contribution >= 4 is 22.8 Å². The van der Waals surface area contributed by atoms with E-state index in [1.807, 2.05) is 52.0 Å². The minimum atomic E-state index is -0.306. The van der Waals surface area contributed by atoms with E-state index < -0.39 is 0 Å². The average molecular weight is 432 g/mol. The second-order valence-corrected chi connectivity index (χ2v) is 8.91. The smallest absolute Gasteiger partial charge is 0.331 e. The number of benzene rings is 1. The molecule has 0 bridgehead atoms. The third-order valence-electron chi connectivity index (χ3n) is 5.45. The van der Waals surface area contributed by atoms with Gasteiger partial charge in [-0.25, -0.2) is 14.8 Å². The topological polar surface area (TPSA) is 107 Å². The molecule has 0 atom stereocenters. The number of ether oxygens (including phenoxy) is 1. The van der Waals surface area contributed by atoms with E-state index in [4.69, 9.17) is 9.26 Å². The second kappa shape index (κ2) is 7.45. The van der Waals surface area contributed by atoms with E-state index in [0.717, 1.165) is 27.9 Å². The number of aryl methyl sites for hydroxylation is 1. The summed E-state index contributed by atoms with van der Waals surface area (Å²) >= 11 is 0. The molecule has 9 nitrogen and oxygen atoms in total. The summed E-state index contributed by atoms with van der Waals surface area (Å²) in [4.78, 5) is 21.6. The third kappa shape index (κ3) is 3.60. The van der Waals surface area contributed by atoms with Gasteiger partial charge in [0.15, 0.2) is 5.82 Å². The Bertz CT molecular complexity index is 1330. The minimum absolute atomic E-state index is 0.192. The molecule has 1 aliphatic heterocycles.